The van der Waals surface area contributed by atoms with Crippen LogP contribution in [0.2, 0.25) is 0 Å². The molecule has 0 saturated carbocycles. The van der Waals surface area contributed by atoms with Crippen molar-refractivity contribution in [2.75, 3.05) is 192 Å². The smallest absolute Gasteiger partial charge is 0.308 e. The van der Waals surface area contributed by atoms with Gasteiger partial charge in [0, 0.05) is 0 Å². The maximum absolute atomic E-state index is 11.6. The Morgan fingerprint density at radius 1 is 0.327 bits per heavy atom. The van der Waals surface area contributed by atoms with Gasteiger partial charge in [-0.3, -0.25) is 4.79 Å². The molecule has 17 nitrogen and oxygen atoms in total. The molecule has 0 aromatic carbocycles. The highest BCUT2D eigenvalue weighted by atomic mass is 16.6. The number of aliphatic hydroxyl groups is 1. The molecule has 1 N–H and O–H groups in total. The Morgan fingerprint density at radius 2 is 0.500 bits per heavy atom. The molecule has 0 aliphatic rings. The van der Waals surface area contributed by atoms with Crippen molar-refractivity contribution in [1.29, 1.82) is 0 Å². The Labute approximate surface area is 311 Å². The van der Waals surface area contributed by atoms with Crippen molar-refractivity contribution < 1.29 is 81.0 Å². The van der Waals surface area contributed by atoms with Crippen molar-refractivity contribution >= 4 is 5.97 Å². The van der Waals surface area contributed by atoms with Gasteiger partial charge in [-0.1, -0.05) is 0 Å². The molecular formula is C35H70O17. The molecule has 0 spiro atoms. The number of rotatable bonds is 44. The minimum atomic E-state index is -0.477. The van der Waals surface area contributed by atoms with E-state index in [1.807, 2.05) is 20.8 Å². The fraction of sp³-hybridized carbons (Fsp3) is 0.971. The molecule has 0 atom stereocenters. The normalized spacial score (nSPS) is 11.8. The van der Waals surface area contributed by atoms with E-state index in [2.05, 4.69) is 0 Å². The lowest BCUT2D eigenvalue weighted by Gasteiger charge is -2.19. The van der Waals surface area contributed by atoms with Gasteiger partial charge in [0.25, 0.3) is 0 Å². The van der Waals surface area contributed by atoms with Crippen LogP contribution in [0.15, 0.2) is 0 Å². The van der Waals surface area contributed by atoms with Crippen LogP contribution in [-0.4, -0.2) is 208 Å². The van der Waals surface area contributed by atoms with Crippen LogP contribution in [0.1, 0.15) is 27.2 Å². The number of carbonyl (C=O) groups is 1. The predicted octanol–water partition coefficient (Wildman–Crippen LogP) is 0.943. The molecule has 0 heterocycles. The van der Waals surface area contributed by atoms with Crippen molar-refractivity contribution in [3.05, 3.63) is 0 Å². The zero-order chi connectivity index (χ0) is 37.9. The quantitative estimate of drug-likeness (QED) is 0.0685. The van der Waals surface area contributed by atoms with E-state index in [9.17, 15) is 4.79 Å². The highest BCUT2D eigenvalue weighted by molar-refractivity contribution is 5.69. The summed E-state index contributed by atoms with van der Waals surface area (Å²) >= 11 is 0. The zero-order valence-corrected chi connectivity index (χ0v) is 32.2. The third-order valence-electron chi connectivity index (χ3n) is 5.94. The Balaban J connectivity index is 3.09. The third-order valence-corrected chi connectivity index (χ3v) is 5.94. The molecule has 312 valence electrons. The summed E-state index contributed by atoms with van der Waals surface area (Å²) < 4.78 is 81.0. The number of carbonyl (C=O) groups excluding carboxylic acids is 1. The molecule has 0 amide bonds. The Kier molecular flexibility index (Phi) is 41.7. The topological polar surface area (TPSA) is 176 Å². The van der Waals surface area contributed by atoms with Crippen LogP contribution in [0, 0.1) is 0 Å². The maximum Gasteiger partial charge on any atom is 0.308 e. The second kappa shape index (κ2) is 42.6. The first-order valence-corrected chi connectivity index (χ1v) is 18.4. The summed E-state index contributed by atoms with van der Waals surface area (Å²) in [5.41, 5.74) is -0.477. The summed E-state index contributed by atoms with van der Waals surface area (Å²) in [5, 5.41) is 8.58. The fourth-order valence-electron chi connectivity index (χ4n) is 3.57. The first kappa shape index (κ1) is 50.9. The Hall–Kier alpha value is -1.13. The van der Waals surface area contributed by atoms with Gasteiger partial charge in [0.05, 0.1) is 198 Å². The standard InChI is InChI=1S/C35H70O17/c1-35(2,3)52-34(37)4-6-38-8-10-40-12-14-42-16-18-44-20-22-46-24-26-48-28-30-50-32-33-51-31-29-49-27-25-47-23-21-45-19-17-43-15-13-41-11-9-39-7-5-36/h36H,4-33H2,1-3H3. The summed E-state index contributed by atoms with van der Waals surface area (Å²) in [4.78, 5) is 11.6. The molecule has 52 heavy (non-hydrogen) atoms. The zero-order valence-electron chi connectivity index (χ0n) is 32.2. The minimum absolute atomic E-state index is 0.0206. The molecule has 0 aliphatic heterocycles. The molecule has 0 fully saturated rings. The van der Waals surface area contributed by atoms with E-state index >= 15 is 0 Å². The van der Waals surface area contributed by atoms with Gasteiger partial charge in [-0.2, -0.15) is 0 Å². The first-order chi connectivity index (χ1) is 25.5. The summed E-state index contributed by atoms with van der Waals surface area (Å²) in [6, 6.07) is 0. The summed E-state index contributed by atoms with van der Waals surface area (Å²) in [6.07, 6.45) is 0.228. The van der Waals surface area contributed by atoms with E-state index < -0.39 is 5.60 Å². The summed E-state index contributed by atoms with van der Waals surface area (Å²) in [5.74, 6) is -0.268. The molecule has 0 unspecified atom stereocenters. The number of hydrogen-bond donors (Lipinski definition) is 1. The van der Waals surface area contributed by atoms with Gasteiger partial charge in [0.15, 0.2) is 0 Å². The number of ether oxygens (including phenoxy) is 15. The van der Waals surface area contributed by atoms with E-state index in [-0.39, 0.29) is 19.0 Å². The van der Waals surface area contributed by atoms with Gasteiger partial charge in [-0.25, -0.2) is 0 Å². The van der Waals surface area contributed by atoms with E-state index in [4.69, 9.17) is 76.2 Å². The average molecular weight is 763 g/mol. The molecule has 0 aromatic rings. The van der Waals surface area contributed by atoms with Gasteiger partial charge in [-0.15, -0.1) is 0 Å². The lowest BCUT2D eigenvalue weighted by molar-refractivity contribution is -0.156. The van der Waals surface area contributed by atoms with Gasteiger partial charge in [0.2, 0.25) is 0 Å². The van der Waals surface area contributed by atoms with E-state index in [1.165, 1.54) is 0 Å². The SMILES string of the molecule is CC(C)(C)OC(=O)CCOCCOCCOCCOCCOCCOCCOCCOCCOCCOCCOCCOCCOCCOCCO. The van der Waals surface area contributed by atoms with Crippen LogP contribution in [0.4, 0.5) is 0 Å². The molecule has 0 aliphatic carbocycles. The average Bonchev–Trinajstić information content (AvgIpc) is 3.11. The van der Waals surface area contributed by atoms with Gasteiger partial charge in [0.1, 0.15) is 5.60 Å². The van der Waals surface area contributed by atoms with Crippen LogP contribution in [-0.2, 0) is 75.8 Å². The second-order valence-electron chi connectivity index (χ2n) is 11.6. The second-order valence-corrected chi connectivity index (χ2v) is 11.6. The van der Waals surface area contributed by atoms with Crippen molar-refractivity contribution in [3.8, 4) is 0 Å². The van der Waals surface area contributed by atoms with E-state index in [0.717, 1.165) is 0 Å². The molecule has 0 aromatic heterocycles. The lowest BCUT2D eigenvalue weighted by Crippen LogP contribution is -2.24. The van der Waals surface area contributed by atoms with Crippen molar-refractivity contribution in [3.63, 3.8) is 0 Å². The minimum Gasteiger partial charge on any atom is -0.460 e. The van der Waals surface area contributed by atoms with Crippen LogP contribution in [0.25, 0.3) is 0 Å². The summed E-state index contributed by atoms with van der Waals surface area (Å²) in [7, 11) is 0. The molecule has 0 rings (SSSR count). The van der Waals surface area contributed by atoms with E-state index in [0.29, 0.717) is 185 Å². The third kappa shape index (κ3) is 46.9. The van der Waals surface area contributed by atoms with Crippen LogP contribution in [0.3, 0.4) is 0 Å². The maximum atomic E-state index is 11.6. The molecule has 0 radical (unpaired) electrons. The van der Waals surface area contributed by atoms with E-state index in [1.54, 1.807) is 0 Å². The molecule has 0 bridgehead atoms. The molecule has 0 saturated heterocycles. The monoisotopic (exact) mass is 762 g/mol. The fourth-order valence-corrected chi connectivity index (χ4v) is 3.57. The van der Waals surface area contributed by atoms with Gasteiger partial charge in [-0.05, 0) is 20.8 Å². The van der Waals surface area contributed by atoms with Gasteiger partial charge >= 0.3 is 5.97 Å². The van der Waals surface area contributed by atoms with Crippen molar-refractivity contribution in [1.82, 2.24) is 0 Å². The Bertz CT molecular complexity index is 699. The van der Waals surface area contributed by atoms with Crippen LogP contribution < -0.4 is 0 Å². The van der Waals surface area contributed by atoms with Crippen molar-refractivity contribution in [2.45, 2.75) is 32.8 Å². The van der Waals surface area contributed by atoms with Crippen LogP contribution >= 0.6 is 0 Å². The highest BCUT2D eigenvalue weighted by Crippen LogP contribution is 2.08. The lowest BCUT2D eigenvalue weighted by atomic mass is 10.2. The number of hydrogen-bond acceptors (Lipinski definition) is 17. The predicted molar refractivity (Wildman–Crippen MR) is 189 cm³/mol. The Morgan fingerprint density at radius 3 is 0.673 bits per heavy atom. The molecule has 17 heteroatoms. The number of aliphatic hydroxyl groups excluding tert-OH is 1. The van der Waals surface area contributed by atoms with Crippen molar-refractivity contribution in [2.24, 2.45) is 0 Å². The van der Waals surface area contributed by atoms with Crippen LogP contribution in [0.5, 0.6) is 0 Å². The largest absolute Gasteiger partial charge is 0.460 e. The number of esters is 1. The summed E-state index contributed by atoms with van der Waals surface area (Å²) in [6.45, 7) is 18.7. The van der Waals surface area contributed by atoms with Gasteiger partial charge < -0.3 is 76.2 Å². The highest BCUT2D eigenvalue weighted by Gasteiger charge is 2.15. The first-order valence-electron chi connectivity index (χ1n) is 18.4. The molecular weight excluding hydrogens is 692 g/mol.